The SMILES string of the molecule is CN1CCC[C@@H]1C[C@H]1CNc2ccc(C3=CCN4CCC[C@H]4C3)cc21. The van der Waals surface area contributed by atoms with Gasteiger partial charge < -0.3 is 10.2 Å². The lowest BCUT2D eigenvalue weighted by atomic mass is 9.88. The smallest absolute Gasteiger partial charge is 0.0376 e. The second-order valence-corrected chi connectivity index (χ2v) is 8.62. The Morgan fingerprint density at radius 2 is 2.08 bits per heavy atom. The van der Waals surface area contributed by atoms with E-state index in [1.54, 1.807) is 11.1 Å². The van der Waals surface area contributed by atoms with Crippen molar-refractivity contribution in [1.29, 1.82) is 0 Å². The second kappa shape index (κ2) is 6.44. The molecule has 0 aromatic heterocycles. The third-order valence-electron chi connectivity index (χ3n) is 7.16. The zero-order chi connectivity index (χ0) is 16.8. The molecule has 1 aromatic carbocycles. The van der Waals surface area contributed by atoms with E-state index in [9.17, 15) is 0 Å². The van der Waals surface area contributed by atoms with E-state index in [0.717, 1.165) is 25.2 Å². The summed E-state index contributed by atoms with van der Waals surface area (Å²) in [6.07, 6.45) is 10.6. The van der Waals surface area contributed by atoms with Crippen molar-refractivity contribution in [3.05, 3.63) is 35.4 Å². The molecule has 0 radical (unpaired) electrons. The highest BCUT2D eigenvalue weighted by atomic mass is 15.2. The fraction of sp³-hybridized carbons (Fsp3) is 0.636. The van der Waals surface area contributed by atoms with Gasteiger partial charge in [-0.05, 0) is 87.5 Å². The normalized spacial score (nSPS) is 32.4. The van der Waals surface area contributed by atoms with Gasteiger partial charge in [-0.15, -0.1) is 0 Å². The zero-order valence-corrected chi connectivity index (χ0v) is 15.5. The molecule has 3 atom stereocenters. The lowest BCUT2D eigenvalue weighted by molar-refractivity contribution is 0.275. The van der Waals surface area contributed by atoms with Gasteiger partial charge in [0.15, 0.2) is 0 Å². The summed E-state index contributed by atoms with van der Waals surface area (Å²) in [6.45, 7) is 4.87. The number of rotatable bonds is 3. The Bertz CT molecular complexity index is 680. The van der Waals surface area contributed by atoms with Gasteiger partial charge in [-0.1, -0.05) is 12.1 Å². The topological polar surface area (TPSA) is 18.5 Å². The molecule has 0 aliphatic carbocycles. The van der Waals surface area contributed by atoms with Gasteiger partial charge in [0.25, 0.3) is 0 Å². The first kappa shape index (κ1) is 15.9. The molecule has 2 saturated heterocycles. The van der Waals surface area contributed by atoms with Gasteiger partial charge in [-0.3, -0.25) is 4.90 Å². The number of nitrogens with zero attached hydrogens (tertiary/aromatic N) is 2. The van der Waals surface area contributed by atoms with Crippen LogP contribution in [0.4, 0.5) is 5.69 Å². The van der Waals surface area contributed by atoms with Gasteiger partial charge in [-0.2, -0.15) is 0 Å². The van der Waals surface area contributed by atoms with Gasteiger partial charge in [0.1, 0.15) is 0 Å². The lowest BCUT2D eigenvalue weighted by Crippen LogP contribution is -2.32. The minimum absolute atomic E-state index is 0.688. The molecule has 2 fully saturated rings. The van der Waals surface area contributed by atoms with Crippen LogP contribution in [0.1, 0.15) is 55.6 Å². The highest BCUT2D eigenvalue weighted by molar-refractivity contribution is 5.72. The Morgan fingerprint density at radius 1 is 1.16 bits per heavy atom. The predicted octanol–water partition coefficient (Wildman–Crippen LogP) is 3.93. The molecule has 0 amide bonds. The van der Waals surface area contributed by atoms with Gasteiger partial charge in [0.2, 0.25) is 0 Å². The molecule has 1 N–H and O–H groups in total. The standard InChI is InChI=1S/C22H31N3/c1-24-9-2-4-19(24)13-18-15-23-22-7-6-16(14-21(18)22)17-8-11-25-10-3-5-20(25)12-17/h6-8,14,18-20,23H,2-5,9-13,15H2,1H3/t18-,19+,20-/m0/s1. The van der Waals surface area contributed by atoms with E-state index in [2.05, 4.69) is 46.4 Å². The molecule has 0 unspecified atom stereocenters. The number of hydrogen-bond acceptors (Lipinski definition) is 3. The van der Waals surface area contributed by atoms with Gasteiger partial charge in [0.05, 0.1) is 0 Å². The maximum absolute atomic E-state index is 3.66. The first-order valence-electron chi connectivity index (χ1n) is 10.3. The van der Waals surface area contributed by atoms with Crippen molar-refractivity contribution in [2.45, 2.75) is 56.5 Å². The van der Waals surface area contributed by atoms with Crippen LogP contribution in [0.15, 0.2) is 24.3 Å². The predicted molar refractivity (Wildman–Crippen MR) is 105 cm³/mol. The third-order valence-corrected chi connectivity index (χ3v) is 7.16. The number of fused-ring (bicyclic) bond motifs is 2. The molecule has 4 heterocycles. The number of nitrogens with one attached hydrogen (secondary N) is 1. The van der Waals surface area contributed by atoms with Gasteiger partial charge >= 0.3 is 0 Å². The van der Waals surface area contributed by atoms with Crippen LogP contribution in [0.25, 0.3) is 5.57 Å². The van der Waals surface area contributed by atoms with E-state index in [-0.39, 0.29) is 0 Å². The zero-order valence-electron chi connectivity index (χ0n) is 15.5. The van der Waals surface area contributed by atoms with Crippen LogP contribution < -0.4 is 5.32 Å². The average molecular weight is 338 g/mol. The summed E-state index contributed by atoms with van der Waals surface area (Å²) < 4.78 is 0. The molecular weight excluding hydrogens is 306 g/mol. The highest BCUT2D eigenvalue weighted by Crippen LogP contribution is 2.40. The summed E-state index contributed by atoms with van der Waals surface area (Å²) in [5.41, 5.74) is 6.04. The van der Waals surface area contributed by atoms with E-state index < -0.39 is 0 Å². The van der Waals surface area contributed by atoms with Crippen molar-refractivity contribution in [2.24, 2.45) is 0 Å². The quantitative estimate of drug-likeness (QED) is 0.901. The summed E-state index contributed by atoms with van der Waals surface area (Å²) in [4.78, 5) is 5.23. The van der Waals surface area contributed by atoms with Crippen LogP contribution in [0, 0.1) is 0 Å². The number of benzene rings is 1. The molecule has 3 nitrogen and oxygen atoms in total. The van der Waals surface area contributed by atoms with Crippen molar-refractivity contribution in [2.75, 3.05) is 38.5 Å². The average Bonchev–Trinajstić information content (AvgIpc) is 3.35. The van der Waals surface area contributed by atoms with Crippen LogP contribution in [0.2, 0.25) is 0 Å². The summed E-state index contributed by atoms with van der Waals surface area (Å²) in [5.74, 6) is 0.688. The number of hydrogen-bond donors (Lipinski definition) is 1. The molecule has 0 spiro atoms. The van der Waals surface area contributed by atoms with Crippen molar-refractivity contribution in [1.82, 2.24) is 9.80 Å². The van der Waals surface area contributed by atoms with Crippen LogP contribution in [-0.2, 0) is 0 Å². The van der Waals surface area contributed by atoms with Crippen LogP contribution in [0.5, 0.6) is 0 Å². The molecule has 25 heavy (non-hydrogen) atoms. The molecule has 5 rings (SSSR count). The third kappa shape index (κ3) is 2.92. The van der Waals surface area contributed by atoms with E-state index in [1.807, 2.05) is 0 Å². The van der Waals surface area contributed by atoms with E-state index in [4.69, 9.17) is 0 Å². The molecule has 4 aliphatic rings. The van der Waals surface area contributed by atoms with Crippen LogP contribution in [-0.4, -0.2) is 55.1 Å². The van der Waals surface area contributed by atoms with E-state index in [0.29, 0.717) is 5.92 Å². The summed E-state index contributed by atoms with van der Waals surface area (Å²) in [7, 11) is 2.30. The van der Waals surface area contributed by atoms with E-state index in [1.165, 1.54) is 62.9 Å². The minimum Gasteiger partial charge on any atom is -0.384 e. The fourth-order valence-corrected chi connectivity index (χ4v) is 5.59. The Balaban J connectivity index is 1.36. The van der Waals surface area contributed by atoms with E-state index >= 15 is 0 Å². The van der Waals surface area contributed by atoms with Gasteiger partial charge in [-0.25, -0.2) is 0 Å². The fourth-order valence-electron chi connectivity index (χ4n) is 5.59. The van der Waals surface area contributed by atoms with Crippen molar-refractivity contribution in [3.63, 3.8) is 0 Å². The molecule has 4 aliphatic heterocycles. The summed E-state index contributed by atoms with van der Waals surface area (Å²) >= 11 is 0. The maximum atomic E-state index is 3.66. The Kier molecular flexibility index (Phi) is 4.10. The first-order chi connectivity index (χ1) is 12.3. The van der Waals surface area contributed by atoms with Crippen molar-refractivity contribution in [3.8, 4) is 0 Å². The van der Waals surface area contributed by atoms with Crippen LogP contribution in [0.3, 0.4) is 0 Å². The van der Waals surface area contributed by atoms with Crippen LogP contribution >= 0.6 is 0 Å². The monoisotopic (exact) mass is 337 g/mol. The largest absolute Gasteiger partial charge is 0.384 e. The summed E-state index contributed by atoms with van der Waals surface area (Å²) in [6, 6.07) is 8.79. The Labute approximate surface area is 152 Å². The highest BCUT2D eigenvalue weighted by Gasteiger charge is 2.31. The second-order valence-electron chi connectivity index (χ2n) is 8.62. The van der Waals surface area contributed by atoms with Crippen molar-refractivity contribution >= 4 is 11.3 Å². The minimum atomic E-state index is 0.688. The molecule has 0 saturated carbocycles. The van der Waals surface area contributed by atoms with Gasteiger partial charge in [0, 0.05) is 36.8 Å². The number of likely N-dealkylation sites (tertiary alicyclic amines) is 1. The molecular formula is C22H31N3. The molecule has 0 bridgehead atoms. The molecule has 3 heteroatoms. The molecule has 134 valence electrons. The Morgan fingerprint density at radius 3 is 2.96 bits per heavy atom. The first-order valence-corrected chi connectivity index (χ1v) is 10.3. The summed E-state index contributed by atoms with van der Waals surface area (Å²) in [5, 5.41) is 3.66. The number of anilines is 1. The maximum Gasteiger partial charge on any atom is 0.0376 e. The molecule has 1 aromatic rings. The lowest BCUT2D eigenvalue weighted by Gasteiger charge is -2.29. The van der Waals surface area contributed by atoms with Crippen molar-refractivity contribution < 1.29 is 0 Å². The Hall–Kier alpha value is -1.32.